The van der Waals surface area contributed by atoms with E-state index >= 15 is 0 Å². The fourth-order valence-corrected chi connectivity index (χ4v) is 6.00. The summed E-state index contributed by atoms with van der Waals surface area (Å²) in [6, 6.07) is 7.18. The molecular formula is C28H45Cl2FeN3. The number of aromatic nitrogens is 1. The topological polar surface area (TPSA) is 37.6 Å². The van der Waals surface area contributed by atoms with Gasteiger partial charge < -0.3 is 0 Å². The molecular weight excluding hydrogens is 505 g/mol. The molecule has 0 saturated heterocycles. The Morgan fingerprint density at radius 1 is 0.882 bits per heavy atom. The van der Waals surface area contributed by atoms with Crippen LogP contribution in [0.15, 0.2) is 28.2 Å². The molecule has 6 heteroatoms. The molecule has 2 aliphatic rings. The predicted molar refractivity (Wildman–Crippen MR) is 146 cm³/mol. The van der Waals surface area contributed by atoms with E-state index in [-0.39, 0.29) is 13.1 Å². The normalized spacial score (nSPS) is 31.1. The van der Waals surface area contributed by atoms with Gasteiger partial charge in [-0.2, -0.15) is 0 Å². The standard InChI is InChI=1S/C28H45N3.2ClH.Fe/c1-18-16-19(2)27(20(3)17-18)30-22(5)26-11-9-10-25(31-26)21(4)29-24-14-12-23(13-15-24)28(6,7)8;;;/h9-11,18-20,23-24,27H,12-17H2,1-8H3;2*1H;/q;;;+2/p-2. The first kappa shape index (κ1) is 29.8. The molecule has 3 nitrogen and oxygen atoms in total. The van der Waals surface area contributed by atoms with Crippen LogP contribution < -0.4 is 0 Å². The second-order valence-corrected chi connectivity index (χ2v) is 13.6. The van der Waals surface area contributed by atoms with Crippen LogP contribution in [0.5, 0.6) is 0 Å². The molecule has 2 saturated carbocycles. The van der Waals surface area contributed by atoms with E-state index in [1.807, 2.05) is 0 Å². The molecule has 0 radical (unpaired) electrons. The van der Waals surface area contributed by atoms with Gasteiger partial charge in [0, 0.05) is 0 Å². The minimum atomic E-state index is 0.194. The predicted octanol–water partition coefficient (Wildman–Crippen LogP) is 8.75. The van der Waals surface area contributed by atoms with Gasteiger partial charge in [0.2, 0.25) is 0 Å². The van der Waals surface area contributed by atoms with Crippen LogP contribution in [0.3, 0.4) is 0 Å². The maximum atomic E-state index is 5.16. The zero-order valence-corrected chi connectivity index (χ0v) is 25.0. The Morgan fingerprint density at radius 3 is 1.82 bits per heavy atom. The van der Waals surface area contributed by atoms with Crippen LogP contribution in [0.25, 0.3) is 0 Å². The van der Waals surface area contributed by atoms with Crippen LogP contribution in [-0.2, 0) is 13.1 Å². The summed E-state index contributed by atoms with van der Waals surface area (Å²) in [5, 5.41) is 0. The van der Waals surface area contributed by atoms with Crippen LogP contribution in [0, 0.1) is 29.1 Å². The fraction of sp³-hybridized carbons (Fsp3) is 0.750. The van der Waals surface area contributed by atoms with Gasteiger partial charge in [0.15, 0.2) is 0 Å². The number of halogens is 2. The molecule has 2 unspecified atom stereocenters. The summed E-state index contributed by atoms with van der Waals surface area (Å²) in [4.78, 5) is 15.2. The molecule has 0 bridgehead atoms. The number of pyridine rings is 1. The summed E-state index contributed by atoms with van der Waals surface area (Å²) in [7, 11) is 9.53. The van der Waals surface area contributed by atoms with Crippen molar-refractivity contribution in [2.45, 2.75) is 106 Å². The van der Waals surface area contributed by atoms with E-state index in [9.17, 15) is 0 Å². The second kappa shape index (κ2) is 13.8. The zero-order chi connectivity index (χ0) is 25.5. The molecule has 3 rings (SSSR count). The first-order chi connectivity index (χ1) is 16.0. The van der Waals surface area contributed by atoms with Crippen LogP contribution in [0.1, 0.15) is 105 Å². The summed E-state index contributed by atoms with van der Waals surface area (Å²) in [6.45, 7) is 18.5. The summed E-state index contributed by atoms with van der Waals surface area (Å²) < 4.78 is 0. The van der Waals surface area contributed by atoms with Gasteiger partial charge in [-0.1, -0.05) is 47.6 Å². The molecule has 2 atom stereocenters. The first-order valence-corrected chi connectivity index (χ1v) is 15.9. The van der Waals surface area contributed by atoms with Crippen LogP contribution in [-0.4, -0.2) is 28.5 Å². The SMILES string of the molecule is CC(=NC1CCC(C(C)(C)C)CC1)c1cccc(C(C)=NC2C(C)CC(C)CC2C)n1.[Cl][Fe][Cl]. The van der Waals surface area contributed by atoms with E-state index in [0.29, 0.717) is 29.3 Å². The summed E-state index contributed by atoms with van der Waals surface area (Å²) >= 11 is 0.194. The van der Waals surface area contributed by atoms with Crippen molar-refractivity contribution in [1.82, 2.24) is 4.98 Å². The Kier molecular flexibility index (Phi) is 12.1. The van der Waals surface area contributed by atoms with Gasteiger partial charge in [-0.05, 0) is 93.6 Å². The molecule has 1 aromatic rings. The molecule has 0 spiro atoms. The average Bonchev–Trinajstić information content (AvgIpc) is 2.76. The van der Waals surface area contributed by atoms with Crippen LogP contribution in [0.2, 0.25) is 0 Å². The summed E-state index contributed by atoms with van der Waals surface area (Å²) in [6.07, 6.45) is 7.55. The molecule has 34 heavy (non-hydrogen) atoms. The molecule has 0 aromatic carbocycles. The van der Waals surface area contributed by atoms with Crippen molar-refractivity contribution in [2.24, 2.45) is 39.1 Å². The van der Waals surface area contributed by atoms with Gasteiger partial charge in [-0.3, -0.25) is 9.98 Å². The molecule has 2 fully saturated rings. The molecule has 2 aliphatic carbocycles. The van der Waals surface area contributed by atoms with E-state index in [1.54, 1.807) is 0 Å². The van der Waals surface area contributed by atoms with Crippen molar-refractivity contribution < 1.29 is 13.1 Å². The van der Waals surface area contributed by atoms with Gasteiger partial charge in [-0.25, -0.2) is 4.98 Å². The minimum absolute atomic E-state index is 0.194. The van der Waals surface area contributed by atoms with Crippen molar-refractivity contribution in [1.29, 1.82) is 0 Å². The van der Waals surface area contributed by atoms with Gasteiger partial charge in [0.1, 0.15) is 0 Å². The molecule has 0 amide bonds. The number of nitrogens with zero attached hydrogens (tertiary/aromatic N) is 3. The first-order valence-electron chi connectivity index (χ1n) is 12.9. The number of hydrogen-bond donors (Lipinski definition) is 0. The van der Waals surface area contributed by atoms with Gasteiger partial charge >= 0.3 is 33.3 Å². The Balaban J connectivity index is 0.00000129. The van der Waals surface area contributed by atoms with Gasteiger partial charge in [0.25, 0.3) is 0 Å². The average molecular weight is 550 g/mol. The second-order valence-electron chi connectivity index (χ2n) is 11.8. The van der Waals surface area contributed by atoms with Gasteiger partial charge in [0.05, 0.1) is 34.9 Å². The zero-order valence-electron chi connectivity index (χ0n) is 22.4. The van der Waals surface area contributed by atoms with E-state index in [4.69, 9.17) is 35.2 Å². The number of rotatable bonds is 4. The van der Waals surface area contributed by atoms with E-state index in [0.717, 1.165) is 34.6 Å². The van der Waals surface area contributed by atoms with Gasteiger partial charge in [-0.15, -0.1) is 0 Å². The molecule has 0 N–H and O–H groups in total. The number of hydrogen-bond acceptors (Lipinski definition) is 3. The molecule has 1 heterocycles. The molecule has 1 aromatic heterocycles. The van der Waals surface area contributed by atoms with Crippen LogP contribution in [0.4, 0.5) is 0 Å². The third-order valence-corrected chi connectivity index (χ3v) is 7.85. The molecule has 194 valence electrons. The van der Waals surface area contributed by atoms with Crippen molar-refractivity contribution in [3.8, 4) is 0 Å². The van der Waals surface area contributed by atoms with Crippen LogP contribution >= 0.6 is 20.2 Å². The quantitative estimate of drug-likeness (QED) is 0.273. The van der Waals surface area contributed by atoms with Crippen molar-refractivity contribution in [2.75, 3.05) is 0 Å². The maximum absolute atomic E-state index is 5.16. The fourth-order valence-electron chi connectivity index (χ4n) is 6.00. The van der Waals surface area contributed by atoms with E-state index in [1.165, 1.54) is 38.5 Å². The third-order valence-electron chi connectivity index (χ3n) is 7.85. The van der Waals surface area contributed by atoms with E-state index < -0.39 is 0 Å². The Labute approximate surface area is 223 Å². The van der Waals surface area contributed by atoms with Crippen molar-refractivity contribution >= 4 is 31.6 Å². The molecule has 0 aliphatic heterocycles. The Bertz CT molecular complexity index is 813. The van der Waals surface area contributed by atoms with Crippen molar-refractivity contribution in [3.05, 3.63) is 29.6 Å². The summed E-state index contributed by atoms with van der Waals surface area (Å²) in [5.41, 5.74) is 4.56. The Morgan fingerprint density at radius 2 is 1.35 bits per heavy atom. The van der Waals surface area contributed by atoms with Crippen molar-refractivity contribution in [3.63, 3.8) is 0 Å². The Hall–Kier alpha value is -0.411. The third kappa shape index (κ3) is 8.91. The monoisotopic (exact) mass is 549 g/mol. The summed E-state index contributed by atoms with van der Waals surface area (Å²) in [5.74, 6) is 2.93. The number of aliphatic imine (C=N–C) groups is 2. The van der Waals surface area contributed by atoms with E-state index in [2.05, 4.69) is 73.6 Å².